The standard InChI is InChI=1S/C28H34F2N4O3/c1-17-21(29)11-8-12-23(17)31-27(35)20-15-22(30)24(34-28(36)33-14-7-6-13-26(33)32-34)16-25(20)37-18(2)19-9-4-3-5-10-19/h8,11-12,15-16,18-19,27,31,35H,3-7,9-10,13-14H2,1-2H3/t18-,27?/m0/s1. The molecule has 1 aromatic heterocycles. The smallest absolute Gasteiger partial charge is 0.350 e. The zero-order chi connectivity index (χ0) is 26.1. The topological polar surface area (TPSA) is 81.3 Å². The molecule has 0 saturated heterocycles. The summed E-state index contributed by atoms with van der Waals surface area (Å²) >= 11 is 0. The summed E-state index contributed by atoms with van der Waals surface area (Å²) in [6.07, 6.45) is 6.50. The van der Waals surface area contributed by atoms with Gasteiger partial charge in [-0.25, -0.2) is 13.6 Å². The molecule has 1 unspecified atom stereocenters. The molecule has 2 heterocycles. The van der Waals surface area contributed by atoms with E-state index >= 15 is 4.39 Å². The molecule has 0 bridgehead atoms. The van der Waals surface area contributed by atoms with E-state index in [0.717, 1.165) is 43.2 Å². The number of hydrogen-bond donors (Lipinski definition) is 2. The van der Waals surface area contributed by atoms with Crippen LogP contribution >= 0.6 is 0 Å². The predicted octanol–water partition coefficient (Wildman–Crippen LogP) is 5.41. The zero-order valence-electron chi connectivity index (χ0n) is 21.3. The number of aromatic nitrogens is 3. The van der Waals surface area contributed by atoms with Gasteiger partial charge in [-0.3, -0.25) is 4.57 Å². The first-order chi connectivity index (χ1) is 17.8. The Kier molecular flexibility index (Phi) is 7.33. The van der Waals surface area contributed by atoms with Gasteiger partial charge in [-0.1, -0.05) is 25.3 Å². The summed E-state index contributed by atoms with van der Waals surface area (Å²) in [6, 6.07) is 7.15. The summed E-state index contributed by atoms with van der Waals surface area (Å²) in [7, 11) is 0. The maximum absolute atomic E-state index is 15.5. The number of nitrogens with one attached hydrogen (secondary N) is 1. The van der Waals surface area contributed by atoms with Crippen LogP contribution in [0.2, 0.25) is 0 Å². The third kappa shape index (κ3) is 5.14. The summed E-state index contributed by atoms with van der Waals surface area (Å²) < 4.78 is 38.7. The number of aliphatic hydroxyl groups is 1. The lowest BCUT2D eigenvalue weighted by Crippen LogP contribution is -2.28. The van der Waals surface area contributed by atoms with Gasteiger partial charge < -0.3 is 15.2 Å². The lowest BCUT2D eigenvalue weighted by molar-refractivity contribution is 0.116. The van der Waals surface area contributed by atoms with E-state index in [1.54, 1.807) is 17.6 Å². The van der Waals surface area contributed by atoms with Crippen molar-refractivity contribution in [1.82, 2.24) is 14.3 Å². The number of hydrogen-bond acceptors (Lipinski definition) is 5. The van der Waals surface area contributed by atoms with Crippen molar-refractivity contribution in [2.24, 2.45) is 5.92 Å². The molecule has 1 saturated carbocycles. The van der Waals surface area contributed by atoms with Crippen LogP contribution in [0.3, 0.4) is 0 Å². The summed E-state index contributed by atoms with van der Waals surface area (Å²) in [6.45, 7) is 4.15. The van der Waals surface area contributed by atoms with Crippen molar-refractivity contribution >= 4 is 5.69 Å². The lowest BCUT2D eigenvalue weighted by atomic mass is 9.86. The molecule has 0 radical (unpaired) electrons. The molecule has 2 atom stereocenters. The van der Waals surface area contributed by atoms with E-state index < -0.39 is 17.9 Å². The normalized spacial score (nSPS) is 17.8. The molecule has 3 aromatic rings. The van der Waals surface area contributed by atoms with Crippen molar-refractivity contribution in [3.8, 4) is 11.4 Å². The van der Waals surface area contributed by atoms with Crippen LogP contribution in [0.5, 0.6) is 5.75 Å². The maximum Gasteiger partial charge on any atom is 0.350 e. The quantitative estimate of drug-likeness (QED) is 0.414. The molecule has 2 aliphatic rings. The Morgan fingerprint density at radius 3 is 2.65 bits per heavy atom. The SMILES string of the molecule is Cc1c(F)cccc1NC(O)c1cc(F)c(-n2nc3n(c2=O)CCCC3)cc1O[C@@H](C)C1CCCCC1. The minimum Gasteiger partial charge on any atom is -0.490 e. The van der Waals surface area contributed by atoms with Gasteiger partial charge in [-0.05, 0) is 63.6 Å². The first-order valence-corrected chi connectivity index (χ1v) is 13.2. The fourth-order valence-electron chi connectivity index (χ4n) is 5.48. The first-order valence-electron chi connectivity index (χ1n) is 13.2. The monoisotopic (exact) mass is 512 g/mol. The fourth-order valence-corrected chi connectivity index (χ4v) is 5.48. The zero-order valence-corrected chi connectivity index (χ0v) is 21.3. The molecule has 2 N–H and O–H groups in total. The third-order valence-electron chi connectivity index (χ3n) is 7.76. The maximum atomic E-state index is 15.5. The number of aryl methyl sites for hydroxylation is 1. The summed E-state index contributed by atoms with van der Waals surface area (Å²) in [5, 5.41) is 18.4. The third-order valence-corrected chi connectivity index (χ3v) is 7.76. The molecule has 1 aliphatic heterocycles. The number of halogens is 2. The van der Waals surface area contributed by atoms with Crippen LogP contribution in [0.1, 0.15) is 75.0 Å². The van der Waals surface area contributed by atoms with Crippen molar-refractivity contribution in [3.05, 3.63) is 69.4 Å². The van der Waals surface area contributed by atoms with Gasteiger partial charge >= 0.3 is 5.69 Å². The van der Waals surface area contributed by atoms with Crippen LogP contribution in [0.25, 0.3) is 5.69 Å². The summed E-state index contributed by atoms with van der Waals surface area (Å²) in [5.41, 5.74) is 0.495. The highest BCUT2D eigenvalue weighted by atomic mass is 19.1. The van der Waals surface area contributed by atoms with E-state index in [9.17, 15) is 14.3 Å². The van der Waals surface area contributed by atoms with Crippen LogP contribution in [0, 0.1) is 24.5 Å². The number of aliphatic hydroxyl groups excluding tert-OH is 1. The minimum absolute atomic E-state index is 0.0179. The fraction of sp³-hybridized carbons (Fsp3) is 0.500. The van der Waals surface area contributed by atoms with Crippen LogP contribution in [-0.2, 0) is 13.0 Å². The second-order valence-corrected chi connectivity index (χ2v) is 10.2. The number of fused-ring (bicyclic) bond motifs is 1. The largest absolute Gasteiger partial charge is 0.490 e. The molecular formula is C28H34F2N4O3. The van der Waals surface area contributed by atoms with Gasteiger partial charge in [0, 0.05) is 35.8 Å². The van der Waals surface area contributed by atoms with Crippen molar-refractivity contribution in [1.29, 1.82) is 0 Å². The molecule has 1 fully saturated rings. The molecule has 9 heteroatoms. The Morgan fingerprint density at radius 1 is 1.11 bits per heavy atom. The van der Waals surface area contributed by atoms with Crippen molar-refractivity contribution in [2.45, 2.75) is 84.1 Å². The summed E-state index contributed by atoms with van der Waals surface area (Å²) in [5.74, 6) is 0.127. The average molecular weight is 513 g/mol. The molecule has 198 valence electrons. The Hall–Kier alpha value is -3.20. The predicted molar refractivity (Wildman–Crippen MR) is 137 cm³/mol. The molecular weight excluding hydrogens is 478 g/mol. The first kappa shape index (κ1) is 25.4. The highest BCUT2D eigenvalue weighted by Crippen LogP contribution is 2.35. The van der Waals surface area contributed by atoms with Gasteiger partial charge in [-0.2, -0.15) is 4.68 Å². The van der Waals surface area contributed by atoms with Gasteiger partial charge in [0.15, 0.2) is 6.23 Å². The van der Waals surface area contributed by atoms with Gasteiger partial charge in [0.1, 0.15) is 28.9 Å². The van der Waals surface area contributed by atoms with Crippen LogP contribution in [0.4, 0.5) is 14.5 Å². The molecule has 0 spiro atoms. The highest BCUT2D eigenvalue weighted by molar-refractivity contribution is 5.54. The second kappa shape index (κ2) is 10.7. The van der Waals surface area contributed by atoms with E-state index in [2.05, 4.69) is 10.4 Å². The van der Waals surface area contributed by atoms with Crippen LogP contribution in [0.15, 0.2) is 35.1 Å². The molecule has 37 heavy (non-hydrogen) atoms. The Labute approximate surface area is 215 Å². The average Bonchev–Trinajstić information content (AvgIpc) is 3.24. The van der Waals surface area contributed by atoms with Crippen molar-refractivity contribution < 1.29 is 18.6 Å². The molecule has 0 amide bonds. The number of nitrogens with zero attached hydrogens (tertiary/aromatic N) is 3. The van der Waals surface area contributed by atoms with E-state index in [1.807, 2.05) is 6.92 Å². The summed E-state index contributed by atoms with van der Waals surface area (Å²) in [4.78, 5) is 13.0. The Morgan fingerprint density at radius 2 is 1.89 bits per heavy atom. The lowest BCUT2D eigenvalue weighted by Gasteiger charge is -2.29. The van der Waals surface area contributed by atoms with Gasteiger partial charge in [0.2, 0.25) is 0 Å². The molecule has 7 nitrogen and oxygen atoms in total. The number of benzene rings is 2. The minimum atomic E-state index is -1.37. The Bertz CT molecular complexity index is 1330. The number of rotatable bonds is 7. The molecule has 2 aromatic carbocycles. The number of anilines is 1. The highest BCUT2D eigenvalue weighted by Gasteiger charge is 2.27. The Balaban J connectivity index is 1.54. The van der Waals surface area contributed by atoms with Gasteiger partial charge in [-0.15, -0.1) is 5.10 Å². The molecule has 1 aliphatic carbocycles. The number of ether oxygens (including phenoxy) is 1. The van der Waals surface area contributed by atoms with Crippen LogP contribution < -0.4 is 15.7 Å². The molecule has 5 rings (SSSR count). The van der Waals surface area contributed by atoms with Gasteiger partial charge in [0.25, 0.3) is 0 Å². The van der Waals surface area contributed by atoms with E-state index in [1.165, 1.54) is 30.7 Å². The van der Waals surface area contributed by atoms with Gasteiger partial charge in [0.05, 0.1) is 6.10 Å². The van der Waals surface area contributed by atoms with Crippen molar-refractivity contribution in [2.75, 3.05) is 5.32 Å². The van der Waals surface area contributed by atoms with E-state index in [4.69, 9.17) is 4.74 Å². The van der Waals surface area contributed by atoms with Crippen molar-refractivity contribution in [3.63, 3.8) is 0 Å². The van der Waals surface area contributed by atoms with E-state index in [-0.39, 0.29) is 28.8 Å². The van der Waals surface area contributed by atoms with E-state index in [0.29, 0.717) is 36.0 Å². The van der Waals surface area contributed by atoms with Crippen LogP contribution in [-0.4, -0.2) is 25.6 Å². The second-order valence-electron chi connectivity index (χ2n) is 10.2.